The van der Waals surface area contributed by atoms with Crippen molar-refractivity contribution in [3.63, 3.8) is 0 Å². The fourth-order valence-corrected chi connectivity index (χ4v) is 5.09. The van der Waals surface area contributed by atoms with E-state index in [9.17, 15) is 8.78 Å². The summed E-state index contributed by atoms with van der Waals surface area (Å²) in [6, 6.07) is 9.31. The van der Waals surface area contributed by atoms with Crippen LogP contribution in [0.1, 0.15) is 24.2 Å². The van der Waals surface area contributed by atoms with Crippen LogP contribution in [0.4, 0.5) is 13.9 Å². The molecule has 0 aliphatic carbocycles. The lowest BCUT2D eigenvalue weighted by Crippen LogP contribution is -2.39. The number of thiazole rings is 1. The molecule has 6 rings (SSSR count). The van der Waals surface area contributed by atoms with Gasteiger partial charge in [-0.3, -0.25) is 0 Å². The van der Waals surface area contributed by atoms with Crippen molar-refractivity contribution in [3.8, 4) is 23.0 Å². The Morgan fingerprint density at radius 2 is 1.97 bits per heavy atom. The second-order valence-electron chi connectivity index (χ2n) is 8.80. The molecular formula is C25H23F2N5O3S. The van der Waals surface area contributed by atoms with Crippen LogP contribution >= 0.6 is 11.3 Å². The summed E-state index contributed by atoms with van der Waals surface area (Å²) >= 11 is 1.44. The lowest BCUT2D eigenvalue weighted by molar-refractivity contribution is -0.0220. The maximum Gasteiger partial charge on any atom is 0.251 e. The van der Waals surface area contributed by atoms with Gasteiger partial charge >= 0.3 is 0 Å². The number of methoxy groups -OCH3 is 1. The molecule has 1 aliphatic heterocycles. The number of hydrogen-bond acceptors (Lipinski definition) is 8. The van der Waals surface area contributed by atoms with E-state index in [0.29, 0.717) is 41.6 Å². The molecule has 36 heavy (non-hydrogen) atoms. The van der Waals surface area contributed by atoms with Crippen LogP contribution in [0.5, 0.6) is 11.5 Å². The van der Waals surface area contributed by atoms with Gasteiger partial charge in [0.1, 0.15) is 29.4 Å². The summed E-state index contributed by atoms with van der Waals surface area (Å²) in [6.07, 6.45) is 1.53. The summed E-state index contributed by atoms with van der Waals surface area (Å²) in [4.78, 5) is 11.1. The number of aromatic nitrogens is 4. The molecule has 0 bridgehead atoms. The van der Waals surface area contributed by atoms with Gasteiger partial charge in [-0.05, 0) is 25.1 Å². The Morgan fingerprint density at radius 1 is 1.14 bits per heavy atom. The smallest absolute Gasteiger partial charge is 0.251 e. The van der Waals surface area contributed by atoms with Crippen molar-refractivity contribution in [1.82, 2.24) is 19.6 Å². The summed E-state index contributed by atoms with van der Waals surface area (Å²) in [5, 5.41) is 7.86. The first kappa shape index (κ1) is 22.7. The van der Waals surface area contributed by atoms with Crippen molar-refractivity contribution in [2.45, 2.75) is 32.3 Å². The van der Waals surface area contributed by atoms with E-state index in [1.165, 1.54) is 11.3 Å². The van der Waals surface area contributed by atoms with Crippen LogP contribution in [0, 0.1) is 6.92 Å². The van der Waals surface area contributed by atoms with Crippen LogP contribution in [-0.2, 0) is 6.61 Å². The summed E-state index contributed by atoms with van der Waals surface area (Å²) in [6.45, 7) is 2.74. The Balaban J connectivity index is 1.25. The molecule has 5 heterocycles. The average molecular weight is 512 g/mol. The highest BCUT2D eigenvalue weighted by atomic mass is 32.1. The van der Waals surface area contributed by atoms with Crippen LogP contribution in [-0.4, -0.2) is 45.7 Å². The fourth-order valence-electron chi connectivity index (χ4n) is 4.23. The molecule has 0 radical (unpaired) electrons. The van der Waals surface area contributed by atoms with Crippen molar-refractivity contribution in [3.05, 3.63) is 53.3 Å². The second-order valence-corrected chi connectivity index (χ2v) is 9.64. The predicted molar refractivity (Wildman–Crippen MR) is 132 cm³/mol. The zero-order chi connectivity index (χ0) is 24.9. The first-order valence-electron chi connectivity index (χ1n) is 11.5. The van der Waals surface area contributed by atoms with Gasteiger partial charge < -0.3 is 18.8 Å². The summed E-state index contributed by atoms with van der Waals surface area (Å²) in [5.41, 5.74) is 3.61. The fraction of sp³-hybridized carbons (Fsp3) is 0.320. The van der Waals surface area contributed by atoms with E-state index in [4.69, 9.17) is 13.9 Å². The van der Waals surface area contributed by atoms with Gasteiger partial charge in [-0.25, -0.2) is 23.3 Å². The molecule has 0 spiro atoms. The highest BCUT2D eigenvalue weighted by Crippen LogP contribution is 2.37. The molecule has 1 aromatic carbocycles. The van der Waals surface area contributed by atoms with Gasteiger partial charge in [-0.1, -0.05) is 0 Å². The van der Waals surface area contributed by atoms with Crippen molar-refractivity contribution < 1.29 is 22.7 Å². The lowest BCUT2D eigenvalue weighted by atomic mass is 10.1. The first-order chi connectivity index (χ1) is 17.4. The number of anilines is 1. The number of benzene rings is 1. The number of aryl methyl sites for hydroxylation is 1. The van der Waals surface area contributed by atoms with Gasteiger partial charge in [-0.15, -0.1) is 11.3 Å². The van der Waals surface area contributed by atoms with E-state index in [0.717, 1.165) is 27.6 Å². The monoisotopic (exact) mass is 511 g/mol. The largest absolute Gasteiger partial charge is 0.496 e. The topological polar surface area (TPSA) is 77.9 Å². The van der Waals surface area contributed by atoms with Crippen LogP contribution in [0.3, 0.4) is 0 Å². The zero-order valence-corrected chi connectivity index (χ0v) is 20.5. The number of halogens is 2. The van der Waals surface area contributed by atoms with Crippen LogP contribution in [0.2, 0.25) is 0 Å². The van der Waals surface area contributed by atoms with Crippen molar-refractivity contribution in [2.75, 3.05) is 25.1 Å². The van der Waals surface area contributed by atoms with E-state index < -0.39 is 5.92 Å². The molecule has 8 nitrogen and oxygen atoms in total. The van der Waals surface area contributed by atoms with Gasteiger partial charge in [0.25, 0.3) is 5.92 Å². The minimum atomic E-state index is -2.58. The molecule has 0 N–H and O–H groups in total. The molecule has 0 atom stereocenters. The maximum atomic E-state index is 13.5. The Hall–Kier alpha value is -3.73. The molecular weight excluding hydrogens is 488 g/mol. The number of nitrogens with zero attached hydrogens (tertiary/aromatic N) is 5. The van der Waals surface area contributed by atoms with Gasteiger partial charge in [0.15, 0.2) is 16.5 Å². The SMILES string of the molecule is COc1cc(OCc2csc(N3CCC(F)(F)CC3)n2)c2cc(-c3cn4nc(C)ccc4n3)oc2c1. The number of rotatable bonds is 6. The summed E-state index contributed by atoms with van der Waals surface area (Å²) < 4.78 is 46.4. The second kappa shape index (κ2) is 8.74. The number of piperidine rings is 1. The number of fused-ring (bicyclic) bond motifs is 2. The quantitative estimate of drug-likeness (QED) is 0.288. The van der Waals surface area contributed by atoms with Crippen LogP contribution < -0.4 is 14.4 Å². The Bertz CT molecular complexity index is 1550. The third kappa shape index (κ3) is 4.34. The van der Waals surface area contributed by atoms with Gasteiger partial charge in [-0.2, -0.15) is 5.10 Å². The van der Waals surface area contributed by atoms with Crippen LogP contribution in [0.25, 0.3) is 28.1 Å². The molecule has 0 saturated carbocycles. The molecule has 186 valence electrons. The molecule has 5 aromatic rings. The normalized spacial score (nSPS) is 15.6. The Morgan fingerprint density at radius 3 is 2.78 bits per heavy atom. The lowest BCUT2D eigenvalue weighted by Gasteiger charge is -2.31. The van der Waals surface area contributed by atoms with E-state index in [2.05, 4.69) is 15.1 Å². The zero-order valence-electron chi connectivity index (χ0n) is 19.7. The summed E-state index contributed by atoms with van der Waals surface area (Å²) in [7, 11) is 1.58. The number of alkyl halides is 2. The minimum absolute atomic E-state index is 0.148. The van der Waals surface area contributed by atoms with E-state index >= 15 is 0 Å². The molecule has 11 heteroatoms. The molecule has 0 unspecified atom stereocenters. The van der Waals surface area contributed by atoms with E-state index in [-0.39, 0.29) is 19.4 Å². The Kier molecular flexibility index (Phi) is 5.51. The third-order valence-electron chi connectivity index (χ3n) is 6.20. The highest BCUT2D eigenvalue weighted by molar-refractivity contribution is 7.13. The summed E-state index contributed by atoms with van der Waals surface area (Å²) in [5.74, 6) is -0.813. The van der Waals surface area contributed by atoms with E-state index in [1.54, 1.807) is 23.8 Å². The molecule has 4 aromatic heterocycles. The van der Waals surface area contributed by atoms with Gasteiger partial charge in [0.2, 0.25) is 0 Å². The number of ether oxygens (including phenoxy) is 2. The molecule has 1 saturated heterocycles. The van der Waals surface area contributed by atoms with Crippen LogP contribution in [0.15, 0.2) is 46.3 Å². The first-order valence-corrected chi connectivity index (χ1v) is 12.4. The third-order valence-corrected chi connectivity index (χ3v) is 7.15. The number of imidazole rings is 1. The van der Waals surface area contributed by atoms with Crippen molar-refractivity contribution >= 4 is 33.1 Å². The molecule has 1 fully saturated rings. The predicted octanol–water partition coefficient (Wildman–Crippen LogP) is 5.73. The van der Waals surface area contributed by atoms with Gasteiger partial charge in [0.05, 0.1) is 30.1 Å². The maximum absolute atomic E-state index is 13.5. The molecule has 1 aliphatic rings. The molecule has 0 amide bonds. The standard InChI is InChI=1S/C25H23F2N5O3S/c1-15-3-4-23-29-19(12-32(23)30-15)22-11-18-20(9-17(33-2)10-21(18)35-22)34-13-16-14-36-24(28-16)31-7-5-25(26,27)6-8-31/h3-4,9-12,14H,5-8,13H2,1-2H3. The average Bonchev–Trinajstić information content (AvgIpc) is 3.60. The van der Waals surface area contributed by atoms with Gasteiger partial charge in [0, 0.05) is 43.4 Å². The van der Waals surface area contributed by atoms with Crippen molar-refractivity contribution in [1.29, 1.82) is 0 Å². The van der Waals surface area contributed by atoms with E-state index in [1.807, 2.05) is 41.6 Å². The van der Waals surface area contributed by atoms with Crippen molar-refractivity contribution in [2.24, 2.45) is 0 Å². The number of hydrogen-bond donors (Lipinski definition) is 0. The minimum Gasteiger partial charge on any atom is -0.496 e. The number of furan rings is 1. The Labute approximate surface area is 209 Å². The highest BCUT2D eigenvalue weighted by Gasteiger charge is 2.34.